The van der Waals surface area contributed by atoms with Crippen molar-refractivity contribution < 1.29 is 4.39 Å². The van der Waals surface area contributed by atoms with E-state index < -0.39 is 0 Å². The maximum atomic E-state index is 13.2. The second-order valence-corrected chi connectivity index (χ2v) is 5.90. The SMILES string of the molecule is Nc1cnc(-c2cc(Cl)c3c(c2)C=NC3)c(-c2ccc(F)cc2)n1. The minimum absolute atomic E-state index is 0.298. The van der Waals surface area contributed by atoms with Gasteiger partial charge in [0.05, 0.1) is 24.1 Å². The highest BCUT2D eigenvalue weighted by Gasteiger charge is 2.17. The largest absolute Gasteiger partial charge is 0.382 e. The van der Waals surface area contributed by atoms with Gasteiger partial charge in [-0.2, -0.15) is 0 Å². The molecule has 0 fully saturated rings. The van der Waals surface area contributed by atoms with E-state index in [1.807, 2.05) is 12.1 Å². The molecule has 0 bridgehead atoms. The molecular weight excluding hydrogens is 327 g/mol. The van der Waals surface area contributed by atoms with Gasteiger partial charge in [0.15, 0.2) is 0 Å². The van der Waals surface area contributed by atoms with Gasteiger partial charge in [0, 0.05) is 27.9 Å². The van der Waals surface area contributed by atoms with E-state index in [0.717, 1.165) is 22.3 Å². The van der Waals surface area contributed by atoms with Gasteiger partial charge in [0.2, 0.25) is 0 Å². The predicted molar refractivity (Wildman–Crippen MR) is 93.6 cm³/mol. The highest BCUT2D eigenvalue weighted by molar-refractivity contribution is 6.32. The Balaban J connectivity index is 1.92. The van der Waals surface area contributed by atoms with E-state index in [0.29, 0.717) is 28.8 Å². The third-order valence-electron chi connectivity index (χ3n) is 3.89. The Kier molecular flexibility index (Phi) is 3.50. The maximum absolute atomic E-state index is 13.2. The summed E-state index contributed by atoms with van der Waals surface area (Å²) in [5, 5.41) is 0.642. The molecule has 0 atom stereocenters. The number of hydrogen-bond donors (Lipinski definition) is 1. The number of benzene rings is 2. The molecule has 0 spiro atoms. The highest BCUT2D eigenvalue weighted by atomic mass is 35.5. The second-order valence-electron chi connectivity index (χ2n) is 5.49. The van der Waals surface area contributed by atoms with Crippen LogP contribution in [-0.4, -0.2) is 16.2 Å². The zero-order valence-corrected chi connectivity index (χ0v) is 13.3. The van der Waals surface area contributed by atoms with Crippen molar-refractivity contribution in [2.75, 3.05) is 5.73 Å². The van der Waals surface area contributed by atoms with Crippen LogP contribution in [0, 0.1) is 5.82 Å². The Morgan fingerprint density at radius 2 is 1.83 bits per heavy atom. The number of anilines is 1. The fraction of sp³-hybridized carbons (Fsp3) is 0.0556. The molecule has 4 nitrogen and oxygen atoms in total. The van der Waals surface area contributed by atoms with Crippen LogP contribution in [0.15, 0.2) is 47.6 Å². The quantitative estimate of drug-likeness (QED) is 0.764. The Labute approximate surface area is 142 Å². The normalized spacial score (nSPS) is 12.4. The number of halogens is 2. The average Bonchev–Trinajstić information content (AvgIpc) is 3.04. The average molecular weight is 339 g/mol. The molecule has 2 aromatic carbocycles. The van der Waals surface area contributed by atoms with E-state index >= 15 is 0 Å². The van der Waals surface area contributed by atoms with Gasteiger partial charge < -0.3 is 5.73 Å². The van der Waals surface area contributed by atoms with E-state index in [2.05, 4.69) is 15.0 Å². The fourth-order valence-corrected chi connectivity index (χ4v) is 3.02. The fourth-order valence-electron chi connectivity index (χ4n) is 2.73. The molecule has 4 rings (SSSR count). The number of fused-ring (bicyclic) bond motifs is 1. The Hall–Kier alpha value is -2.79. The monoisotopic (exact) mass is 338 g/mol. The third-order valence-corrected chi connectivity index (χ3v) is 4.23. The lowest BCUT2D eigenvalue weighted by atomic mass is 10.00. The topological polar surface area (TPSA) is 64.2 Å². The molecule has 1 aliphatic rings. The van der Waals surface area contributed by atoms with Gasteiger partial charge in [-0.1, -0.05) is 11.6 Å². The van der Waals surface area contributed by atoms with Crippen LogP contribution >= 0.6 is 11.6 Å². The molecule has 1 aliphatic heterocycles. The van der Waals surface area contributed by atoms with E-state index in [1.165, 1.54) is 18.3 Å². The Morgan fingerprint density at radius 3 is 2.62 bits per heavy atom. The van der Waals surface area contributed by atoms with Crippen LogP contribution in [0.25, 0.3) is 22.5 Å². The molecule has 6 heteroatoms. The van der Waals surface area contributed by atoms with Crippen LogP contribution < -0.4 is 5.73 Å². The Bertz CT molecular complexity index is 967. The minimum atomic E-state index is -0.311. The van der Waals surface area contributed by atoms with Crippen LogP contribution in [0.5, 0.6) is 0 Å². The van der Waals surface area contributed by atoms with Gasteiger partial charge in [0.25, 0.3) is 0 Å². The summed E-state index contributed by atoms with van der Waals surface area (Å²) in [7, 11) is 0. The summed E-state index contributed by atoms with van der Waals surface area (Å²) < 4.78 is 13.2. The highest BCUT2D eigenvalue weighted by Crippen LogP contribution is 2.34. The molecular formula is C18H12ClFN4. The molecule has 2 heterocycles. The first-order valence-corrected chi connectivity index (χ1v) is 7.71. The standard InChI is InChI=1S/C18H12ClFN4/c19-15-6-11(5-12-7-22-8-14(12)15)17-18(24-16(21)9-23-17)10-1-3-13(20)4-2-10/h1-7,9H,8H2,(H2,21,24). The molecule has 118 valence electrons. The van der Waals surface area contributed by atoms with Crippen molar-refractivity contribution in [1.29, 1.82) is 0 Å². The van der Waals surface area contributed by atoms with Crippen molar-refractivity contribution in [3.63, 3.8) is 0 Å². The Morgan fingerprint density at radius 1 is 1.04 bits per heavy atom. The van der Waals surface area contributed by atoms with Crippen molar-refractivity contribution in [3.05, 3.63) is 64.6 Å². The lowest BCUT2D eigenvalue weighted by Gasteiger charge is -2.11. The van der Waals surface area contributed by atoms with Crippen molar-refractivity contribution in [2.24, 2.45) is 4.99 Å². The number of rotatable bonds is 2. The van der Waals surface area contributed by atoms with Crippen LogP contribution in [-0.2, 0) is 6.54 Å². The molecule has 1 aromatic heterocycles. The van der Waals surface area contributed by atoms with Crippen LogP contribution in [0.2, 0.25) is 5.02 Å². The molecule has 0 saturated heterocycles. The van der Waals surface area contributed by atoms with Crippen molar-refractivity contribution in [3.8, 4) is 22.5 Å². The number of nitrogen functional groups attached to an aromatic ring is 1. The molecule has 0 saturated carbocycles. The second kappa shape index (κ2) is 5.69. The van der Waals surface area contributed by atoms with E-state index in [9.17, 15) is 4.39 Å². The van der Waals surface area contributed by atoms with Gasteiger partial charge in [-0.15, -0.1) is 0 Å². The van der Waals surface area contributed by atoms with Crippen LogP contribution in [0.1, 0.15) is 11.1 Å². The number of nitrogens with two attached hydrogens (primary N) is 1. The lowest BCUT2D eigenvalue weighted by Crippen LogP contribution is -1.99. The van der Waals surface area contributed by atoms with E-state index in [-0.39, 0.29) is 5.82 Å². The van der Waals surface area contributed by atoms with Crippen LogP contribution in [0.3, 0.4) is 0 Å². The van der Waals surface area contributed by atoms with E-state index in [4.69, 9.17) is 17.3 Å². The van der Waals surface area contributed by atoms with Gasteiger partial charge in [-0.25, -0.2) is 9.37 Å². The zero-order chi connectivity index (χ0) is 16.7. The molecule has 0 unspecified atom stereocenters. The van der Waals surface area contributed by atoms with Gasteiger partial charge in [-0.05, 0) is 42.0 Å². The van der Waals surface area contributed by atoms with Gasteiger partial charge in [-0.3, -0.25) is 9.98 Å². The maximum Gasteiger partial charge on any atom is 0.142 e. The lowest BCUT2D eigenvalue weighted by molar-refractivity contribution is 0.628. The zero-order valence-electron chi connectivity index (χ0n) is 12.5. The van der Waals surface area contributed by atoms with Gasteiger partial charge in [0.1, 0.15) is 11.6 Å². The molecule has 0 radical (unpaired) electrons. The molecule has 3 aromatic rings. The number of nitrogens with zero attached hydrogens (tertiary/aromatic N) is 3. The smallest absolute Gasteiger partial charge is 0.142 e. The molecule has 24 heavy (non-hydrogen) atoms. The summed E-state index contributed by atoms with van der Waals surface area (Å²) >= 11 is 6.37. The minimum Gasteiger partial charge on any atom is -0.382 e. The number of aliphatic imine (C=N–C) groups is 1. The summed E-state index contributed by atoms with van der Waals surface area (Å²) in [6, 6.07) is 9.89. The number of aromatic nitrogens is 2. The number of hydrogen-bond acceptors (Lipinski definition) is 4. The molecule has 0 aliphatic carbocycles. The first-order valence-electron chi connectivity index (χ1n) is 7.33. The van der Waals surface area contributed by atoms with Crippen molar-refractivity contribution >= 4 is 23.6 Å². The van der Waals surface area contributed by atoms with E-state index in [1.54, 1.807) is 18.3 Å². The summed E-state index contributed by atoms with van der Waals surface area (Å²) in [6.07, 6.45) is 3.30. The van der Waals surface area contributed by atoms with Crippen molar-refractivity contribution in [1.82, 2.24) is 9.97 Å². The summed E-state index contributed by atoms with van der Waals surface area (Å²) in [4.78, 5) is 13.1. The summed E-state index contributed by atoms with van der Waals surface area (Å²) in [5.41, 5.74) is 10.6. The summed E-state index contributed by atoms with van der Waals surface area (Å²) in [6.45, 7) is 0.590. The van der Waals surface area contributed by atoms with Crippen LogP contribution in [0.4, 0.5) is 10.2 Å². The third kappa shape index (κ3) is 2.53. The summed E-state index contributed by atoms with van der Waals surface area (Å²) in [5.74, 6) is -0.0131. The first kappa shape index (κ1) is 14.8. The first-order chi connectivity index (χ1) is 11.6. The van der Waals surface area contributed by atoms with Crippen molar-refractivity contribution in [2.45, 2.75) is 6.54 Å². The molecule has 2 N–H and O–H groups in total. The predicted octanol–water partition coefficient (Wildman–Crippen LogP) is 4.12. The molecule has 0 amide bonds. The van der Waals surface area contributed by atoms with Gasteiger partial charge >= 0.3 is 0 Å².